The Labute approximate surface area is 111 Å². The summed E-state index contributed by atoms with van der Waals surface area (Å²) in [5, 5.41) is 0. The lowest BCUT2D eigenvalue weighted by Crippen LogP contribution is -2.65. The Morgan fingerprint density at radius 2 is 1.37 bits per heavy atom. The molecule has 96 valence electrons. The second-order valence-corrected chi connectivity index (χ2v) is 6.52. The van der Waals surface area contributed by atoms with E-state index in [0.717, 1.165) is 12.8 Å². The molecule has 1 saturated carbocycles. The Bertz CT molecular complexity index is 563. The summed E-state index contributed by atoms with van der Waals surface area (Å²) >= 11 is 0. The fraction of sp³-hybridized carbons (Fsp3) is 0.500. The molecular weight excluding hydrogens is 240 g/mol. The van der Waals surface area contributed by atoms with Crippen molar-refractivity contribution in [2.24, 2.45) is 34.5 Å². The summed E-state index contributed by atoms with van der Waals surface area (Å²) in [7, 11) is 0. The molecule has 19 heavy (non-hydrogen) atoms. The summed E-state index contributed by atoms with van der Waals surface area (Å²) < 4.78 is 4.95. The number of rotatable bonds is 0. The topological polar surface area (TPSA) is 43.4 Å². The number of ether oxygens (including phenoxy) is 1. The van der Waals surface area contributed by atoms with Gasteiger partial charge in [-0.1, -0.05) is 36.5 Å². The van der Waals surface area contributed by atoms with Crippen molar-refractivity contribution < 1.29 is 14.3 Å². The third kappa shape index (κ3) is 0.814. The Morgan fingerprint density at radius 3 is 1.79 bits per heavy atom. The highest BCUT2D eigenvalue weighted by Gasteiger charge is 2.73. The van der Waals surface area contributed by atoms with E-state index in [9.17, 15) is 9.59 Å². The third-order valence-electron chi connectivity index (χ3n) is 6.24. The van der Waals surface area contributed by atoms with Crippen LogP contribution in [0.4, 0.5) is 0 Å². The molecule has 3 heteroatoms. The summed E-state index contributed by atoms with van der Waals surface area (Å²) in [5.74, 6) is -0.814. The van der Waals surface area contributed by atoms with E-state index in [1.54, 1.807) is 0 Å². The van der Waals surface area contributed by atoms with Gasteiger partial charge >= 0.3 is 11.9 Å². The molecule has 0 aromatic rings. The van der Waals surface area contributed by atoms with Crippen LogP contribution in [0, 0.1) is 34.5 Å². The zero-order chi connectivity index (χ0) is 12.8. The van der Waals surface area contributed by atoms with Crippen LogP contribution in [0.15, 0.2) is 36.5 Å². The minimum atomic E-state index is -0.299. The van der Waals surface area contributed by atoms with E-state index in [1.807, 2.05) is 0 Å². The Balaban J connectivity index is 1.77. The van der Waals surface area contributed by atoms with Gasteiger partial charge in [0.05, 0.1) is 11.8 Å². The van der Waals surface area contributed by atoms with Crippen LogP contribution in [-0.4, -0.2) is 11.9 Å². The van der Waals surface area contributed by atoms with Crippen molar-refractivity contribution in [1.29, 1.82) is 0 Å². The summed E-state index contributed by atoms with van der Waals surface area (Å²) in [5.41, 5.74) is 0.123. The van der Waals surface area contributed by atoms with Gasteiger partial charge in [0, 0.05) is 22.7 Å². The maximum absolute atomic E-state index is 12.0. The van der Waals surface area contributed by atoms with E-state index in [4.69, 9.17) is 4.74 Å². The van der Waals surface area contributed by atoms with Crippen molar-refractivity contribution in [1.82, 2.24) is 0 Å². The average Bonchev–Trinajstić information content (AvgIpc) is 2.69. The van der Waals surface area contributed by atoms with Gasteiger partial charge in [-0.3, -0.25) is 9.59 Å². The van der Waals surface area contributed by atoms with Crippen LogP contribution in [0.1, 0.15) is 12.8 Å². The Hall–Kier alpha value is -1.64. The van der Waals surface area contributed by atoms with Crippen LogP contribution in [0.2, 0.25) is 0 Å². The van der Waals surface area contributed by atoms with E-state index < -0.39 is 0 Å². The number of carbonyl (C=O) groups excluding carboxylic acids is 2. The van der Waals surface area contributed by atoms with Gasteiger partial charge in [-0.05, 0) is 12.8 Å². The molecule has 0 aromatic heterocycles. The predicted octanol–water partition coefficient (Wildman–Crippen LogP) is 2.01. The zero-order valence-electron chi connectivity index (χ0n) is 10.4. The molecular formula is C16H14O3. The van der Waals surface area contributed by atoms with Crippen LogP contribution in [0.3, 0.4) is 0 Å². The Kier molecular flexibility index (Phi) is 1.48. The largest absolute Gasteiger partial charge is 0.393 e. The zero-order valence-corrected chi connectivity index (χ0v) is 10.4. The van der Waals surface area contributed by atoms with E-state index >= 15 is 0 Å². The quantitative estimate of drug-likeness (QED) is 0.377. The standard InChI is InChI=1S/C16H14O3/c17-13-11-9-3-4-10(12(11)14(18)19-13)16-6-2-1-5-15(9,16)7-8-16/h1-4,7-12H,5-6H2/t9-,10-,11-,12+,15-,16+/m1/s1. The minimum absolute atomic E-state index is 0.0615. The monoisotopic (exact) mass is 254 g/mol. The maximum atomic E-state index is 12.0. The normalized spacial score (nSPS) is 55.4. The van der Waals surface area contributed by atoms with E-state index in [-0.39, 0.29) is 46.4 Å². The molecule has 0 aromatic carbocycles. The van der Waals surface area contributed by atoms with Gasteiger partial charge < -0.3 is 4.74 Å². The molecule has 0 N–H and O–H groups in total. The molecule has 3 nitrogen and oxygen atoms in total. The minimum Gasteiger partial charge on any atom is -0.393 e. The SMILES string of the molecule is O=C1OC(=O)[C@H]2[C@@H]1[C@H]1C=C[C@H]2[C@@]23C=C[C@@]12CC=CC3. The molecule has 5 aliphatic carbocycles. The van der Waals surface area contributed by atoms with Crippen molar-refractivity contribution in [3.05, 3.63) is 36.5 Å². The lowest BCUT2D eigenvalue weighted by atomic mass is 9.33. The molecule has 6 aliphatic rings. The van der Waals surface area contributed by atoms with Crippen molar-refractivity contribution in [2.45, 2.75) is 12.8 Å². The van der Waals surface area contributed by atoms with Gasteiger partial charge in [-0.25, -0.2) is 0 Å². The Morgan fingerprint density at radius 1 is 0.895 bits per heavy atom. The van der Waals surface area contributed by atoms with Crippen molar-refractivity contribution in [2.75, 3.05) is 0 Å². The lowest BCUT2D eigenvalue weighted by molar-refractivity contribution is -0.154. The van der Waals surface area contributed by atoms with Gasteiger partial charge in [0.1, 0.15) is 0 Å². The molecule has 2 fully saturated rings. The summed E-state index contributed by atoms with van der Waals surface area (Å²) in [4.78, 5) is 24.1. The van der Waals surface area contributed by atoms with Gasteiger partial charge in [0.25, 0.3) is 0 Å². The van der Waals surface area contributed by atoms with Crippen LogP contribution >= 0.6 is 0 Å². The second kappa shape index (κ2) is 2.77. The number of hydrogen-bond donors (Lipinski definition) is 0. The second-order valence-electron chi connectivity index (χ2n) is 6.52. The summed E-state index contributed by atoms with van der Waals surface area (Å²) in [6.07, 6.45) is 15.3. The van der Waals surface area contributed by atoms with Crippen LogP contribution in [-0.2, 0) is 14.3 Å². The third-order valence-corrected chi connectivity index (χ3v) is 6.24. The molecule has 1 aliphatic heterocycles. The van der Waals surface area contributed by atoms with Crippen molar-refractivity contribution in [3.8, 4) is 0 Å². The van der Waals surface area contributed by atoms with Crippen molar-refractivity contribution in [3.63, 3.8) is 0 Å². The molecule has 6 rings (SSSR count). The molecule has 0 spiro atoms. The molecule has 0 amide bonds. The number of cyclic esters (lactones) is 2. The summed E-state index contributed by atoms with van der Waals surface area (Å²) in [6, 6.07) is 0. The first-order valence-corrected chi connectivity index (χ1v) is 6.99. The maximum Gasteiger partial charge on any atom is 0.318 e. The fourth-order valence-corrected chi connectivity index (χ4v) is 5.43. The molecule has 1 saturated heterocycles. The van der Waals surface area contributed by atoms with Crippen LogP contribution < -0.4 is 0 Å². The molecule has 6 atom stereocenters. The molecule has 0 radical (unpaired) electrons. The van der Waals surface area contributed by atoms with Gasteiger partial charge in [0.15, 0.2) is 0 Å². The molecule has 2 bridgehead atoms. The van der Waals surface area contributed by atoms with Crippen LogP contribution in [0.5, 0.6) is 0 Å². The van der Waals surface area contributed by atoms with Gasteiger partial charge in [0.2, 0.25) is 0 Å². The number of esters is 2. The van der Waals surface area contributed by atoms with Crippen LogP contribution in [0.25, 0.3) is 0 Å². The highest BCUT2D eigenvalue weighted by Crippen LogP contribution is 2.74. The highest BCUT2D eigenvalue weighted by molar-refractivity contribution is 5.98. The smallest absolute Gasteiger partial charge is 0.318 e. The fourth-order valence-electron chi connectivity index (χ4n) is 5.43. The van der Waals surface area contributed by atoms with Gasteiger partial charge in [-0.15, -0.1) is 0 Å². The van der Waals surface area contributed by atoms with E-state index in [2.05, 4.69) is 36.5 Å². The average molecular weight is 254 g/mol. The first-order valence-electron chi connectivity index (χ1n) is 6.99. The number of hydrogen-bond acceptors (Lipinski definition) is 3. The lowest BCUT2D eigenvalue weighted by Gasteiger charge is -2.68. The van der Waals surface area contributed by atoms with Gasteiger partial charge in [-0.2, -0.15) is 0 Å². The van der Waals surface area contributed by atoms with E-state index in [0.29, 0.717) is 0 Å². The number of allylic oxidation sites excluding steroid dienone is 6. The predicted molar refractivity (Wildman–Crippen MR) is 66.6 cm³/mol. The molecule has 0 unspecified atom stereocenters. The highest BCUT2D eigenvalue weighted by atomic mass is 16.6. The van der Waals surface area contributed by atoms with Crippen molar-refractivity contribution >= 4 is 11.9 Å². The first-order chi connectivity index (χ1) is 9.20. The molecule has 1 heterocycles. The summed E-state index contributed by atoms with van der Waals surface area (Å²) in [6.45, 7) is 0. The first kappa shape index (κ1) is 10.2. The number of carbonyl (C=O) groups is 2. The van der Waals surface area contributed by atoms with E-state index in [1.165, 1.54) is 0 Å².